The van der Waals surface area contributed by atoms with Crippen LogP contribution in [0.1, 0.15) is 32.3 Å². The minimum atomic E-state index is -0.329. The Balaban J connectivity index is 2.66. The Hall–Kier alpha value is -0.600. The Morgan fingerprint density at radius 2 is 2.12 bits per heavy atom. The van der Waals surface area contributed by atoms with Gasteiger partial charge in [0.2, 0.25) is 0 Å². The normalized spacial score (nSPS) is 12.8. The van der Waals surface area contributed by atoms with Crippen LogP contribution in [0.3, 0.4) is 0 Å². The van der Waals surface area contributed by atoms with Gasteiger partial charge in [-0.25, -0.2) is 4.39 Å². The zero-order valence-corrected chi connectivity index (χ0v) is 10.6. The first kappa shape index (κ1) is 13.5. The molecule has 0 aliphatic heterocycles. The molecule has 16 heavy (non-hydrogen) atoms. The van der Waals surface area contributed by atoms with Gasteiger partial charge in [0.15, 0.2) is 0 Å². The molecule has 90 valence electrons. The first-order chi connectivity index (χ1) is 7.69. The highest BCUT2D eigenvalue weighted by molar-refractivity contribution is 6.31. The molecule has 0 amide bonds. The van der Waals surface area contributed by atoms with E-state index in [1.54, 1.807) is 6.07 Å². The summed E-state index contributed by atoms with van der Waals surface area (Å²) in [4.78, 5) is 0. The number of nitrogens with one attached hydrogen (secondary N) is 1. The minimum Gasteiger partial charge on any atom is -0.314 e. The highest BCUT2D eigenvalue weighted by Gasteiger charge is 2.11. The average molecular weight is 244 g/mol. The predicted molar refractivity (Wildman–Crippen MR) is 67.5 cm³/mol. The number of halogens is 2. The third-order valence-corrected chi connectivity index (χ3v) is 3.10. The molecular formula is C13H19ClFN. The summed E-state index contributed by atoms with van der Waals surface area (Å²) in [5, 5.41) is 3.70. The molecule has 0 saturated carbocycles. The molecule has 1 N–H and O–H groups in total. The molecule has 1 atom stereocenters. The maximum absolute atomic E-state index is 13.2. The lowest BCUT2D eigenvalue weighted by Crippen LogP contribution is -2.31. The zero-order valence-electron chi connectivity index (χ0n) is 9.89. The molecule has 1 nitrogen and oxygen atoms in total. The summed E-state index contributed by atoms with van der Waals surface area (Å²) in [6.07, 6.45) is 2.91. The summed E-state index contributed by atoms with van der Waals surface area (Å²) in [6.45, 7) is 5.25. The first-order valence-corrected chi connectivity index (χ1v) is 6.23. The fourth-order valence-electron chi connectivity index (χ4n) is 1.68. The maximum atomic E-state index is 13.2. The molecule has 1 unspecified atom stereocenters. The topological polar surface area (TPSA) is 12.0 Å². The Morgan fingerprint density at radius 3 is 2.75 bits per heavy atom. The molecule has 0 aliphatic rings. The van der Waals surface area contributed by atoms with E-state index in [-0.39, 0.29) is 10.8 Å². The van der Waals surface area contributed by atoms with Gasteiger partial charge in [0, 0.05) is 6.04 Å². The van der Waals surface area contributed by atoms with E-state index in [2.05, 4.69) is 19.2 Å². The lowest BCUT2D eigenvalue weighted by Gasteiger charge is -2.17. The third-order valence-electron chi connectivity index (χ3n) is 2.67. The lowest BCUT2D eigenvalue weighted by molar-refractivity contribution is 0.493. The Morgan fingerprint density at radius 1 is 1.38 bits per heavy atom. The molecule has 0 fully saturated rings. The fraction of sp³-hybridized carbons (Fsp3) is 0.538. The van der Waals surface area contributed by atoms with Crippen molar-refractivity contribution >= 4 is 11.6 Å². The largest absolute Gasteiger partial charge is 0.314 e. The molecule has 0 bridgehead atoms. The van der Waals surface area contributed by atoms with E-state index in [1.165, 1.54) is 6.07 Å². The van der Waals surface area contributed by atoms with E-state index in [9.17, 15) is 4.39 Å². The second-order valence-electron chi connectivity index (χ2n) is 3.98. The average Bonchev–Trinajstić information content (AvgIpc) is 2.30. The summed E-state index contributed by atoms with van der Waals surface area (Å²) in [5.41, 5.74) is 0.886. The van der Waals surface area contributed by atoms with Crippen molar-refractivity contribution in [2.75, 3.05) is 6.54 Å². The van der Waals surface area contributed by atoms with Crippen LogP contribution in [0.15, 0.2) is 18.2 Å². The lowest BCUT2D eigenvalue weighted by atomic mass is 10.0. The fourth-order valence-corrected chi connectivity index (χ4v) is 1.88. The van der Waals surface area contributed by atoms with Gasteiger partial charge in [-0.1, -0.05) is 37.6 Å². The third kappa shape index (κ3) is 3.76. The first-order valence-electron chi connectivity index (χ1n) is 5.85. The van der Waals surface area contributed by atoms with Crippen LogP contribution in [-0.2, 0) is 6.42 Å². The van der Waals surface area contributed by atoms with E-state index in [4.69, 9.17) is 11.6 Å². The monoisotopic (exact) mass is 243 g/mol. The van der Waals surface area contributed by atoms with Gasteiger partial charge in [-0.3, -0.25) is 0 Å². The van der Waals surface area contributed by atoms with E-state index in [0.717, 1.165) is 31.4 Å². The van der Waals surface area contributed by atoms with E-state index in [1.807, 2.05) is 6.07 Å². The molecule has 1 rings (SSSR count). The highest BCUT2D eigenvalue weighted by atomic mass is 35.5. The van der Waals surface area contributed by atoms with Crippen LogP contribution in [0.2, 0.25) is 5.02 Å². The second kappa shape index (κ2) is 6.87. The van der Waals surface area contributed by atoms with Gasteiger partial charge in [-0.05, 0) is 37.4 Å². The molecule has 0 spiro atoms. The Labute approximate surface area is 102 Å². The van der Waals surface area contributed by atoms with Crippen molar-refractivity contribution in [2.45, 2.75) is 39.2 Å². The van der Waals surface area contributed by atoms with E-state index >= 15 is 0 Å². The summed E-state index contributed by atoms with van der Waals surface area (Å²) in [5.74, 6) is -0.329. The summed E-state index contributed by atoms with van der Waals surface area (Å²) in [7, 11) is 0. The van der Waals surface area contributed by atoms with Crippen LogP contribution in [0.4, 0.5) is 4.39 Å². The van der Waals surface area contributed by atoms with E-state index < -0.39 is 0 Å². The van der Waals surface area contributed by atoms with Crippen LogP contribution in [0.25, 0.3) is 0 Å². The van der Waals surface area contributed by atoms with Gasteiger partial charge >= 0.3 is 0 Å². The molecule has 0 radical (unpaired) electrons. The number of rotatable bonds is 6. The zero-order chi connectivity index (χ0) is 12.0. The Bertz CT molecular complexity index is 328. The van der Waals surface area contributed by atoms with Gasteiger partial charge in [0.05, 0.1) is 5.02 Å². The number of benzene rings is 1. The van der Waals surface area contributed by atoms with Crippen LogP contribution >= 0.6 is 11.6 Å². The highest BCUT2D eigenvalue weighted by Crippen LogP contribution is 2.21. The van der Waals surface area contributed by atoms with Gasteiger partial charge in [-0.2, -0.15) is 0 Å². The van der Waals surface area contributed by atoms with Gasteiger partial charge in [-0.15, -0.1) is 0 Å². The van der Waals surface area contributed by atoms with Crippen LogP contribution < -0.4 is 5.32 Å². The van der Waals surface area contributed by atoms with Gasteiger partial charge < -0.3 is 5.32 Å². The number of hydrogen-bond acceptors (Lipinski definition) is 1. The van der Waals surface area contributed by atoms with Crippen LogP contribution in [0, 0.1) is 5.82 Å². The SMILES string of the molecule is CCCNC(CC)Cc1cccc(F)c1Cl. The van der Waals surface area contributed by atoms with Crippen molar-refractivity contribution in [3.63, 3.8) is 0 Å². The van der Waals surface area contributed by atoms with Gasteiger partial charge in [0.1, 0.15) is 5.82 Å². The van der Waals surface area contributed by atoms with Crippen molar-refractivity contribution < 1.29 is 4.39 Å². The molecule has 0 aromatic heterocycles. The molecule has 1 aromatic rings. The Kier molecular flexibility index (Phi) is 5.78. The summed E-state index contributed by atoms with van der Waals surface area (Å²) >= 11 is 5.93. The van der Waals surface area contributed by atoms with Gasteiger partial charge in [0.25, 0.3) is 0 Å². The van der Waals surface area contributed by atoms with Crippen molar-refractivity contribution in [1.29, 1.82) is 0 Å². The minimum absolute atomic E-state index is 0.263. The molecule has 0 saturated heterocycles. The molecule has 3 heteroatoms. The quantitative estimate of drug-likeness (QED) is 0.802. The molecule has 0 heterocycles. The van der Waals surface area contributed by atoms with Crippen molar-refractivity contribution in [1.82, 2.24) is 5.32 Å². The maximum Gasteiger partial charge on any atom is 0.142 e. The smallest absolute Gasteiger partial charge is 0.142 e. The summed E-state index contributed by atoms with van der Waals surface area (Å²) < 4.78 is 13.2. The predicted octanol–water partition coefficient (Wildman–Crippen LogP) is 3.80. The van der Waals surface area contributed by atoms with Crippen molar-refractivity contribution in [2.24, 2.45) is 0 Å². The summed E-state index contributed by atoms with van der Waals surface area (Å²) in [6, 6.07) is 5.37. The standard InChI is InChI=1S/C13H19ClFN/c1-3-8-16-11(4-2)9-10-6-5-7-12(15)13(10)14/h5-7,11,16H,3-4,8-9H2,1-2H3. The van der Waals surface area contributed by atoms with Crippen molar-refractivity contribution in [3.05, 3.63) is 34.6 Å². The van der Waals surface area contributed by atoms with Crippen molar-refractivity contribution in [3.8, 4) is 0 Å². The van der Waals surface area contributed by atoms with Crippen LogP contribution in [0.5, 0.6) is 0 Å². The van der Waals surface area contributed by atoms with E-state index in [0.29, 0.717) is 6.04 Å². The molecular weight excluding hydrogens is 225 g/mol. The second-order valence-corrected chi connectivity index (χ2v) is 4.35. The van der Waals surface area contributed by atoms with Crippen LogP contribution in [-0.4, -0.2) is 12.6 Å². The molecule has 0 aliphatic carbocycles. The molecule has 1 aromatic carbocycles. The number of hydrogen-bond donors (Lipinski definition) is 1.